The Morgan fingerprint density at radius 1 is 0.545 bits per heavy atom. The first-order chi connectivity index (χ1) is 10.9. The fraction of sp³-hybridized carbons (Fsp3) is 1.00. The summed E-state index contributed by atoms with van der Waals surface area (Å²) in [6, 6.07) is 0. The first-order valence-corrected chi connectivity index (χ1v) is 9.14. The second kappa shape index (κ2) is 14.4. The molecule has 4 N–H and O–H groups in total. The van der Waals surface area contributed by atoms with E-state index < -0.39 is 0 Å². The van der Waals surface area contributed by atoms with Crippen molar-refractivity contribution in [2.75, 3.05) is 65.9 Å². The molecule has 0 atom stereocenters. The van der Waals surface area contributed by atoms with Gasteiger partial charge in [-0.05, 0) is 39.0 Å². The Morgan fingerprint density at radius 3 is 1.27 bits per heavy atom. The molecule has 0 radical (unpaired) electrons. The van der Waals surface area contributed by atoms with E-state index in [-0.39, 0.29) is 0 Å². The lowest BCUT2D eigenvalue weighted by molar-refractivity contribution is 0.233. The standard InChI is InChI=1S/C16H38N6/c1-3-21-13-17-9-7-5-6-8-10-18-14-22(4-2)16-20-12-11-19-15-21/h17-20H,3-16H2,1-2H3. The van der Waals surface area contributed by atoms with Crippen LogP contribution in [-0.4, -0.2) is 75.7 Å². The molecule has 0 spiro atoms. The van der Waals surface area contributed by atoms with Crippen molar-refractivity contribution in [3.8, 4) is 0 Å². The molecule has 0 unspecified atom stereocenters. The summed E-state index contributed by atoms with van der Waals surface area (Å²) in [6.07, 6.45) is 5.24. The van der Waals surface area contributed by atoms with Crippen molar-refractivity contribution >= 4 is 0 Å². The zero-order valence-corrected chi connectivity index (χ0v) is 14.8. The number of hydrogen-bond acceptors (Lipinski definition) is 6. The molecule has 0 aromatic carbocycles. The van der Waals surface area contributed by atoms with Gasteiger partial charge in [0.15, 0.2) is 0 Å². The van der Waals surface area contributed by atoms with Gasteiger partial charge in [0, 0.05) is 39.8 Å². The highest BCUT2D eigenvalue weighted by atomic mass is 15.3. The van der Waals surface area contributed by atoms with E-state index in [0.29, 0.717) is 0 Å². The molecule has 1 heterocycles. The van der Waals surface area contributed by atoms with Crippen molar-refractivity contribution < 1.29 is 0 Å². The molecule has 6 nitrogen and oxygen atoms in total. The zero-order chi connectivity index (χ0) is 15.9. The lowest BCUT2D eigenvalue weighted by atomic mass is 10.2. The van der Waals surface area contributed by atoms with Crippen LogP contribution < -0.4 is 21.3 Å². The Kier molecular flexibility index (Phi) is 12.9. The average molecular weight is 315 g/mol. The number of nitrogens with one attached hydrogen (secondary N) is 4. The minimum atomic E-state index is 0.963. The van der Waals surface area contributed by atoms with Crippen LogP contribution in [0.2, 0.25) is 0 Å². The molecule has 0 amide bonds. The summed E-state index contributed by atoms with van der Waals surface area (Å²) in [7, 11) is 0. The van der Waals surface area contributed by atoms with Gasteiger partial charge in [-0.25, -0.2) is 0 Å². The summed E-state index contributed by atoms with van der Waals surface area (Å²) >= 11 is 0. The molecule has 1 aliphatic rings. The van der Waals surface area contributed by atoms with E-state index in [2.05, 4.69) is 44.9 Å². The molecule has 0 aromatic rings. The molecule has 22 heavy (non-hydrogen) atoms. The fourth-order valence-corrected chi connectivity index (χ4v) is 2.54. The van der Waals surface area contributed by atoms with Crippen LogP contribution in [0.4, 0.5) is 0 Å². The maximum Gasteiger partial charge on any atom is 0.0492 e. The minimum absolute atomic E-state index is 0.963. The van der Waals surface area contributed by atoms with Crippen LogP contribution in [0.15, 0.2) is 0 Å². The molecule has 0 aromatic heterocycles. The van der Waals surface area contributed by atoms with Gasteiger partial charge in [0.05, 0.1) is 0 Å². The van der Waals surface area contributed by atoms with Gasteiger partial charge >= 0.3 is 0 Å². The van der Waals surface area contributed by atoms with Gasteiger partial charge in [-0.2, -0.15) is 0 Å². The second-order valence-corrected chi connectivity index (χ2v) is 6.02. The quantitative estimate of drug-likeness (QED) is 0.592. The first-order valence-electron chi connectivity index (χ1n) is 9.14. The molecular formula is C16H38N6. The summed E-state index contributed by atoms with van der Waals surface area (Å²) < 4.78 is 0. The summed E-state index contributed by atoms with van der Waals surface area (Å²) in [5.41, 5.74) is 0. The van der Waals surface area contributed by atoms with E-state index in [9.17, 15) is 0 Å². The van der Waals surface area contributed by atoms with Crippen molar-refractivity contribution in [3.63, 3.8) is 0 Å². The zero-order valence-electron chi connectivity index (χ0n) is 14.8. The van der Waals surface area contributed by atoms with Gasteiger partial charge in [-0.1, -0.05) is 26.7 Å². The van der Waals surface area contributed by atoms with Crippen LogP contribution in [0.3, 0.4) is 0 Å². The Hall–Kier alpha value is -0.240. The van der Waals surface area contributed by atoms with Crippen molar-refractivity contribution in [1.82, 2.24) is 31.1 Å². The van der Waals surface area contributed by atoms with E-state index in [1.54, 1.807) is 0 Å². The normalized spacial score (nSPS) is 23.7. The smallest absolute Gasteiger partial charge is 0.0492 e. The van der Waals surface area contributed by atoms with Crippen LogP contribution in [0.1, 0.15) is 39.5 Å². The average Bonchev–Trinajstić information content (AvgIpc) is 2.54. The van der Waals surface area contributed by atoms with E-state index in [1.165, 1.54) is 25.7 Å². The number of hydrogen-bond donors (Lipinski definition) is 4. The lowest BCUT2D eigenvalue weighted by Crippen LogP contribution is -2.44. The van der Waals surface area contributed by atoms with Crippen molar-refractivity contribution in [3.05, 3.63) is 0 Å². The third-order valence-corrected chi connectivity index (χ3v) is 4.17. The van der Waals surface area contributed by atoms with Gasteiger partial charge in [-0.15, -0.1) is 0 Å². The summed E-state index contributed by atoms with van der Waals surface area (Å²) in [5.74, 6) is 0. The van der Waals surface area contributed by atoms with Crippen LogP contribution >= 0.6 is 0 Å². The Morgan fingerprint density at radius 2 is 0.909 bits per heavy atom. The summed E-state index contributed by atoms with van der Waals surface area (Å²) in [4.78, 5) is 4.82. The van der Waals surface area contributed by atoms with E-state index in [4.69, 9.17) is 0 Å². The van der Waals surface area contributed by atoms with Crippen LogP contribution in [0.25, 0.3) is 0 Å². The number of nitrogens with zero attached hydrogens (tertiary/aromatic N) is 2. The Balaban J connectivity index is 2.26. The molecule has 0 bridgehead atoms. The third-order valence-electron chi connectivity index (χ3n) is 4.17. The summed E-state index contributed by atoms with van der Waals surface area (Å²) in [6.45, 7) is 14.8. The Labute approximate surface area is 137 Å². The van der Waals surface area contributed by atoms with E-state index in [1.807, 2.05) is 0 Å². The lowest BCUT2D eigenvalue weighted by Gasteiger charge is -2.23. The van der Waals surface area contributed by atoms with E-state index >= 15 is 0 Å². The van der Waals surface area contributed by atoms with Crippen molar-refractivity contribution in [2.24, 2.45) is 0 Å². The molecule has 0 saturated carbocycles. The highest BCUT2D eigenvalue weighted by Gasteiger charge is 2.03. The van der Waals surface area contributed by atoms with Gasteiger partial charge in [0.2, 0.25) is 0 Å². The predicted octanol–water partition coefficient (Wildman–Crippen LogP) is 0.393. The predicted molar refractivity (Wildman–Crippen MR) is 94.7 cm³/mol. The fourth-order valence-electron chi connectivity index (χ4n) is 2.54. The third kappa shape index (κ3) is 10.5. The monoisotopic (exact) mass is 314 g/mol. The highest BCUT2D eigenvalue weighted by Crippen LogP contribution is 1.98. The van der Waals surface area contributed by atoms with E-state index in [0.717, 1.165) is 65.9 Å². The van der Waals surface area contributed by atoms with Crippen molar-refractivity contribution in [2.45, 2.75) is 39.5 Å². The van der Waals surface area contributed by atoms with Crippen LogP contribution in [-0.2, 0) is 0 Å². The largest absolute Gasteiger partial charge is 0.304 e. The molecule has 1 saturated heterocycles. The van der Waals surface area contributed by atoms with Gasteiger partial charge in [0.1, 0.15) is 0 Å². The topological polar surface area (TPSA) is 54.6 Å². The molecule has 6 heteroatoms. The molecule has 1 rings (SSSR count). The molecule has 132 valence electrons. The van der Waals surface area contributed by atoms with Crippen molar-refractivity contribution in [1.29, 1.82) is 0 Å². The summed E-state index contributed by atoms with van der Waals surface area (Å²) in [5, 5.41) is 14.1. The SMILES string of the molecule is CCN1CNCCCCCCNCN(CC)CNCCNC1. The molecule has 0 aliphatic carbocycles. The molecule has 1 aliphatic heterocycles. The number of rotatable bonds is 2. The maximum atomic E-state index is 3.55. The van der Waals surface area contributed by atoms with Crippen LogP contribution in [0.5, 0.6) is 0 Å². The van der Waals surface area contributed by atoms with Gasteiger partial charge in [-0.3, -0.25) is 9.80 Å². The first kappa shape index (κ1) is 19.8. The minimum Gasteiger partial charge on any atom is -0.304 e. The highest BCUT2D eigenvalue weighted by molar-refractivity contribution is 4.59. The van der Waals surface area contributed by atoms with Crippen LogP contribution in [0, 0.1) is 0 Å². The maximum absolute atomic E-state index is 3.55. The van der Waals surface area contributed by atoms with Gasteiger partial charge in [0.25, 0.3) is 0 Å². The molecular weight excluding hydrogens is 276 g/mol. The Bertz CT molecular complexity index is 215. The second-order valence-electron chi connectivity index (χ2n) is 6.02. The van der Waals surface area contributed by atoms with Gasteiger partial charge < -0.3 is 21.3 Å². The molecule has 1 fully saturated rings.